The molecule has 1 aromatic carbocycles. The highest BCUT2D eigenvalue weighted by molar-refractivity contribution is 5.82. The Kier molecular flexibility index (Phi) is 1.56. The number of carboxylic acid groups (broad SMARTS) is 1. The topological polar surface area (TPSA) is 67.8 Å². The zero-order valence-corrected chi connectivity index (χ0v) is 7.82. The Morgan fingerprint density at radius 1 is 1.40 bits per heavy atom. The van der Waals surface area contributed by atoms with Gasteiger partial charge >= 0.3 is 5.97 Å². The zero-order valence-electron chi connectivity index (χ0n) is 7.82. The van der Waals surface area contributed by atoms with E-state index in [0.29, 0.717) is 17.9 Å². The Bertz CT molecular complexity index is 410. The van der Waals surface area contributed by atoms with E-state index in [-0.39, 0.29) is 6.79 Å². The number of hydrogen-bond acceptors (Lipinski definition) is 4. The number of carbonyl (C=O) groups is 1. The van der Waals surface area contributed by atoms with Crippen molar-refractivity contribution in [2.24, 2.45) is 0 Å². The molecule has 2 aliphatic rings. The van der Waals surface area contributed by atoms with Crippen molar-refractivity contribution in [1.82, 2.24) is 0 Å². The van der Waals surface area contributed by atoms with Gasteiger partial charge in [0, 0.05) is 18.2 Å². The maximum atomic E-state index is 10.8. The number of benzene rings is 1. The molecule has 1 atom stereocenters. The highest BCUT2D eigenvalue weighted by atomic mass is 16.7. The molecule has 0 fully saturated rings. The van der Waals surface area contributed by atoms with Gasteiger partial charge in [0.15, 0.2) is 11.5 Å². The van der Waals surface area contributed by atoms with Crippen LogP contribution in [0.15, 0.2) is 12.1 Å². The highest BCUT2D eigenvalue weighted by Gasteiger charge is 2.29. The summed E-state index contributed by atoms with van der Waals surface area (Å²) in [5, 5.41) is 11.8. The number of fused-ring (bicyclic) bond motifs is 2. The summed E-state index contributed by atoms with van der Waals surface area (Å²) >= 11 is 0. The summed E-state index contributed by atoms with van der Waals surface area (Å²) in [6.07, 6.45) is 0.487. The molecule has 0 bridgehead atoms. The van der Waals surface area contributed by atoms with E-state index >= 15 is 0 Å². The van der Waals surface area contributed by atoms with E-state index in [4.69, 9.17) is 14.6 Å². The van der Waals surface area contributed by atoms with Gasteiger partial charge in [-0.2, -0.15) is 0 Å². The van der Waals surface area contributed by atoms with E-state index in [9.17, 15) is 4.79 Å². The average molecular weight is 207 g/mol. The van der Waals surface area contributed by atoms with Crippen LogP contribution in [0.1, 0.15) is 5.56 Å². The predicted molar refractivity (Wildman–Crippen MR) is 51.3 cm³/mol. The molecule has 0 radical (unpaired) electrons. The van der Waals surface area contributed by atoms with Crippen molar-refractivity contribution in [2.45, 2.75) is 12.5 Å². The number of carboxylic acids is 1. The quantitative estimate of drug-likeness (QED) is 0.714. The molecule has 2 aliphatic heterocycles. The molecule has 5 heteroatoms. The summed E-state index contributed by atoms with van der Waals surface area (Å²) in [4.78, 5) is 10.8. The van der Waals surface area contributed by atoms with Crippen molar-refractivity contribution in [3.05, 3.63) is 17.7 Å². The summed E-state index contributed by atoms with van der Waals surface area (Å²) in [6.45, 7) is 0.237. The van der Waals surface area contributed by atoms with Gasteiger partial charge in [0.25, 0.3) is 0 Å². The molecule has 1 aromatic rings. The van der Waals surface area contributed by atoms with E-state index in [1.165, 1.54) is 0 Å². The standard InChI is InChI=1S/C10H9NO4/c12-10(13)7-1-5-2-8-9(15-4-14-8)3-6(5)11-7/h2-3,7,11H,1,4H2,(H,12,13). The first-order valence-corrected chi connectivity index (χ1v) is 4.66. The molecule has 0 saturated heterocycles. The first kappa shape index (κ1) is 8.40. The number of ether oxygens (including phenoxy) is 2. The average Bonchev–Trinajstić information content (AvgIpc) is 2.77. The van der Waals surface area contributed by atoms with Gasteiger partial charge < -0.3 is 19.9 Å². The van der Waals surface area contributed by atoms with E-state index < -0.39 is 12.0 Å². The summed E-state index contributed by atoms with van der Waals surface area (Å²) in [7, 11) is 0. The number of aliphatic carboxylic acids is 1. The SMILES string of the molecule is O=C(O)C1Cc2cc3c(cc2N1)OCO3. The van der Waals surface area contributed by atoms with Crippen LogP contribution in [0, 0.1) is 0 Å². The molecular weight excluding hydrogens is 198 g/mol. The van der Waals surface area contributed by atoms with Crippen LogP contribution in [0.5, 0.6) is 11.5 Å². The lowest BCUT2D eigenvalue weighted by molar-refractivity contribution is -0.137. The molecule has 5 nitrogen and oxygen atoms in total. The van der Waals surface area contributed by atoms with Crippen LogP contribution in [0.2, 0.25) is 0 Å². The lowest BCUT2D eigenvalue weighted by Gasteiger charge is -2.04. The third kappa shape index (κ3) is 1.20. The van der Waals surface area contributed by atoms with Crippen molar-refractivity contribution < 1.29 is 19.4 Å². The maximum absolute atomic E-state index is 10.8. The van der Waals surface area contributed by atoms with Crippen molar-refractivity contribution in [2.75, 3.05) is 12.1 Å². The van der Waals surface area contributed by atoms with Crippen LogP contribution < -0.4 is 14.8 Å². The molecular formula is C10H9NO4. The molecule has 0 aliphatic carbocycles. The molecule has 3 rings (SSSR count). The van der Waals surface area contributed by atoms with E-state index in [1.807, 2.05) is 6.07 Å². The van der Waals surface area contributed by atoms with Crippen LogP contribution in [-0.4, -0.2) is 23.9 Å². The molecule has 2 heterocycles. The van der Waals surface area contributed by atoms with E-state index in [2.05, 4.69) is 5.32 Å². The molecule has 2 N–H and O–H groups in total. The molecule has 0 amide bonds. The third-order valence-electron chi connectivity index (χ3n) is 2.65. The Morgan fingerprint density at radius 2 is 2.13 bits per heavy atom. The molecule has 78 valence electrons. The fourth-order valence-corrected chi connectivity index (χ4v) is 1.90. The van der Waals surface area contributed by atoms with Crippen molar-refractivity contribution in [3.8, 4) is 11.5 Å². The number of hydrogen-bond donors (Lipinski definition) is 2. The van der Waals surface area contributed by atoms with Crippen LogP contribution in [0.25, 0.3) is 0 Å². The Balaban J connectivity index is 1.98. The second-order valence-corrected chi connectivity index (χ2v) is 3.60. The first-order chi connectivity index (χ1) is 7.24. The monoisotopic (exact) mass is 207 g/mol. The maximum Gasteiger partial charge on any atom is 0.326 e. The third-order valence-corrected chi connectivity index (χ3v) is 2.65. The normalized spacial score (nSPS) is 20.9. The van der Waals surface area contributed by atoms with Gasteiger partial charge in [-0.3, -0.25) is 0 Å². The van der Waals surface area contributed by atoms with Gasteiger partial charge in [0.1, 0.15) is 6.04 Å². The Morgan fingerprint density at radius 3 is 2.87 bits per heavy atom. The smallest absolute Gasteiger partial charge is 0.326 e. The van der Waals surface area contributed by atoms with Gasteiger partial charge in [-0.25, -0.2) is 4.79 Å². The summed E-state index contributed by atoms with van der Waals surface area (Å²) in [5.41, 5.74) is 1.79. The van der Waals surface area contributed by atoms with Crippen LogP contribution in [0.3, 0.4) is 0 Å². The fourth-order valence-electron chi connectivity index (χ4n) is 1.90. The van der Waals surface area contributed by atoms with Crippen molar-refractivity contribution in [1.29, 1.82) is 0 Å². The summed E-state index contributed by atoms with van der Waals surface area (Å²) < 4.78 is 10.4. The molecule has 0 spiro atoms. The Hall–Kier alpha value is -1.91. The van der Waals surface area contributed by atoms with Crippen molar-refractivity contribution in [3.63, 3.8) is 0 Å². The van der Waals surface area contributed by atoms with Crippen molar-refractivity contribution >= 4 is 11.7 Å². The van der Waals surface area contributed by atoms with E-state index in [0.717, 1.165) is 11.3 Å². The zero-order chi connectivity index (χ0) is 10.4. The number of anilines is 1. The number of nitrogens with one attached hydrogen (secondary N) is 1. The predicted octanol–water partition coefficient (Wildman–Crippen LogP) is 0.836. The Labute approximate surface area is 85.6 Å². The summed E-state index contributed by atoms with van der Waals surface area (Å²) in [6, 6.07) is 3.09. The lowest BCUT2D eigenvalue weighted by Crippen LogP contribution is -2.26. The largest absolute Gasteiger partial charge is 0.480 e. The van der Waals surface area contributed by atoms with Crippen LogP contribution in [0.4, 0.5) is 5.69 Å². The van der Waals surface area contributed by atoms with Gasteiger partial charge in [-0.1, -0.05) is 0 Å². The number of rotatable bonds is 1. The van der Waals surface area contributed by atoms with Gasteiger partial charge in [0.2, 0.25) is 6.79 Å². The minimum Gasteiger partial charge on any atom is -0.480 e. The minimum absolute atomic E-state index is 0.237. The lowest BCUT2D eigenvalue weighted by atomic mass is 10.1. The fraction of sp³-hybridized carbons (Fsp3) is 0.300. The molecule has 15 heavy (non-hydrogen) atoms. The second kappa shape index (κ2) is 2.79. The van der Waals surface area contributed by atoms with Crippen LogP contribution in [-0.2, 0) is 11.2 Å². The summed E-state index contributed by atoms with van der Waals surface area (Å²) in [5.74, 6) is 0.530. The van der Waals surface area contributed by atoms with Gasteiger partial charge in [-0.15, -0.1) is 0 Å². The second-order valence-electron chi connectivity index (χ2n) is 3.60. The van der Waals surface area contributed by atoms with E-state index in [1.54, 1.807) is 6.07 Å². The van der Waals surface area contributed by atoms with Gasteiger partial charge in [-0.05, 0) is 11.6 Å². The first-order valence-electron chi connectivity index (χ1n) is 4.66. The van der Waals surface area contributed by atoms with Crippen LogP contribution >= 0.6 is 0 Å². The van der Waals surface area contributed by atoms with Gasteiger partial charge in [0.05, 0.1) is 0 Å². The minimum atomic E-state index is -0.840. The molecule has 1 unspecified atom stereocenters. The molecule has 0 saturated carbocycles. The molecule has 0 aromatic heterocycles. The highest BCUT2D eigenvalue weighted by Crippen LogP contribution is 2.39.